The molecule has 1 aromatic carbocycles. The maximum absolute atomic E-state index is 6.10. The normalized spacial score (nSPS) is 10.8. The minimum absolute atomic E-state index is 0.663. The minimum atomic E-state index is 0.663. The molecule has 0 radical (unpaired) electrons. The van der Waals surface area contributed by atoms with Gasteiger partial charge in [-0.15, -0.1) is 0 Å². The summed E-state index contributed by atoms with van der Waals surface area (Å²) in [5.74, 6) is 0. The van der Waals surface area contributed by atoms with Gasteiger partial charge in [-0.25, -0.2) is 9.67 Å². The smallest absolute Gasteiger partial charge is 0.138 e. The van der Waals surface area contributed by atoms with Crippen LogP contribution in [0.3, 0.4) is 0 Å². The predicted molar refractivity (Wildman–Crippen MR) is 81.8 cm³/mol. The molecular weight excluding hydrogens is 288 g/mol. The van der Waals surface area contributed by atoms with Crippen LogP contribution in [0.1, 0.15) is 17.0 Å². The van der Waals surface area contributed by atoms with Crippen LogP contribution in [-0.2, 0) is 6.54 Å². The lowest BCUT2D eigenvalue weighted by Gasteiger charge is -2.12. The Morgan fingerprint density at radius 3 is 2.86 bits per heavy atom. The van der Waals surface area contributed by atoms with Gasteiger partial charge in [0.1, 0.15) is 12.7 Å². The van der Waals surface area contributed by atoms with Gasteiger partial charge >= 0.3 is 0 Å². The molecule has 3 aromatic rings. The summed E-state index contributed by atoms with van der Waals surface area (Å²) in [4.78, 5) is 3.98. The van der Waals surface area contributed by atoms with E-state index < -0.39 is 0 Å². The van der Waals surface area contributed by atoms with Crippen LogP contribution in [0.25, 0.3) is 5.69 Å². The SMILES string of the molecule is Cc1n[nH]c(C)c1CNc1cc(Cl)ccc1-n1cncn1. The molecule has 0 saturated heterocycles. The molecule has 0 saturated carbocycles. The number of aryl methyl sites for hydroxylation is 2. The first-order valence-corrected chi connectivity index (χ1v) is 6.92. The van der Waals surface area contributed by atoms with Crippen LogP contribution >= 0.6 is 11.6 Å². The molecule has 2 N–H and O–H groups in total. The molecule has 0 aliphatic heterocycles. The third-order valence-corrected chi connectivity index (χ3v) is 3.60. The van der Waals surface area contributed by atoms with Gasteiger partial charge in [0.05, 0.1) is 17.1 Å². The van der Waals surface area contributed by atoms with E-state index in [0.29, 0.717) is 11.6 Å². The number of hydrogen-bond acceptors (Lipinski definition) is 4. The lowest BCUT2D eigenvalue weighted by molar-refractivity contribution is 0.877. The van der Waals surface area contributed by atoms with Crippen LogP contribution in [0.5, 0.6) is 0 Å². The highest BCUT2D eigenvalue weighted by Crippen LogP contribution is 2.25. The summed E-state index contributed by atoms with van der Waals surface area (Å²) >= 11 is 6.10. The van der Waals surface area contributed by atoms with Crippen LogP contribution in [0.15, 0.2) is 30.9 Å². The lowest BCUT2D eigenvalue weighted by atomic mass is 10.2. The molecule has 2 heterocycles. The monoisotopic (exact) mass is 302 g/mol. The largest absolute Gasteiger partial charge is 0.379 e. The Morgan fingerprint density at radius 2 is 2.19 bits per heavy atom. The van der Waals surface area contributed by atoms with Gasteiger partial charge in [0.15, 0.2) is 0 Å². The fraction of sp³-hybridized carbons (Fsp3) is 0.214. The molecule has 0 unspecified atom stereocenters. The molecule has 0 atom stereocenters. The number of rotatable bonds is 4. The van der Waals surface area contributed by atoms with E-state index in [-0.39, 0.29) is 0 Å². The lowest BCUT2D eigenvalue weighted by Crippen LogP contribution is -2.06. The fourth-order valence-electron chi connectivity index (χ4n) is 2.20. The van der Waals surface area contributed by atoms with Crippen molar-refractivity contribution in [1.29, 1.82) is 0 Å². The van der Waals surface area contributed by atoms with E-state index in [0.717, 1.165) is 28.3 Å². The van der Waals surface area contributed by atoms with Crippen LogP contribution in [0.2, 0.25) is 5.02 Å². The Bertz CT molecular complexity index is 727. The second-order valence-corrected chi connectivity index (χ2v) is 5.20. The predicted octanol–water partition coefficient (Wildman–Crippen LogP) is 2.87. The van der Waals surface area contributed by atoms with Crippen LogP contribution in [0, 0.1) is 13.8 Å². The molecule has 0 spiro atoms. The number of benzene rings is 1. The van der Waals surface area contributed by atoms with Gasteiger partial charge in [0, 0.05) is 22.8 Å². The second-order valence-electron chi connectivity index (χ2n) is 4.77. The first kappa shape index (κ1) is 13.6. The maximum atomic E-state index is 6.10. The quantitative estimate of drug-likeness (QED) is 0.777. The van der Waals surface area contributed by atoms with E-state index in [9.17, 15) is 0 Å². The van der Waals surface area contributed by atoms with Crippen molar-refractivity contribution in [1.82, 2.24) is 25.0 Å². The van der Waals surface area contributed by atoms with E-state index in [1.807, 2.05) is 32.0 Å². The Hall–Kier alpha value is -2.34. The Morgan fingerprint density at radius 1 is 1.33 bits per heavy atom. The summed E-state index contributed by atoms with van der Waals surface area (Å²) in [6, 6.07) is 5.62. The zero-order valence-corrected chi connectivity index (χ0v) is 12.5. The number of halogens is 1. The average Bonchev–Trinajstić information content (AvgIpc) is 3.08. The molecule has 0 fully saturated rings. The topological polar surface area (TPSA) is 71.4 Å². The van der Waals surface area contributed by atoms with Gasteiger partial charge in [0.25, 0.3) is 0 Å². The van der Waals surface area contributed by atoms with Crippen molar-refractivity contribution in [3.63, 3.8) is 0 Å². The number of aromatic amines is 1. The minimum Gasteiger partial charge on any atom is -0.379 e. The third kappa shape index (κ3) is 2.75. The highest BCUT2D eigenvalue weighted by atomic mass is 35.5. The van der Waals surface area contributed by atoms with Gasteiger partial charge in [0.2, 0.25) is 0 Å². The van der Waals surface area contributed by atoms with E-state index in [4.69, 9.17) is 11.6 Å². The van der Waals surface area contributed by atoms with Crippen LogP contribution in [0.4, 0.5) is 5.69 Å². The summed E-state index contributed by atoms with van der Waals surface area (Å²) in [6.07, 6.45) is 3.16. The number of anilines is 1. The molecule has 7 heteroatoms. The van der Waals surface area contributed by atoms with Crippen molar-refractivity contribution in [3.05, 3.63) is 52.8 Å². The zero-order chi connectivity index (χ0) is 14.8. The molecule has 0 aliphatic carbocycles. The van der Waals surface area contributed by atoms with Crippen LogP contribution < -0.4 is 5.32 Å². The molecule has 0 aliphatic rings. The standard InChI is InChI=1S/C14H15ClN6/c1-9-12(10(2)20-19-9)6-17-13-5-11(15)3-4-14(13)21-8-16-7-18-21/h3-5,7-8,17H,6H2,1-2H3,(H,19,20). The van der Waals surface area contributed by atoms with Crippen molar-refractivity contribution in [2.45, 2.75) is 20.4 Å². The van der Waals surface area contributed by atoms with E-state index in [2.05, 4.69) is 25.6 Å². The average molecular weight is 303 g/mol. The molecule has 6 nitrogen and oxygen atoms in total. The summed E-state index contributed by atoms with van der Waals surface area (Å²) in [6.45, 7) is 4.65. The molecule has 0 amide bonds. The van der Waals surface area contributed by atoms with Crippen molar-refractivity contribution in [2.75, 3.05) is 5.32 Å². The summed E-state index contributed by atoms with van der Waals surface area (Å²) in [7, 11) is 0. The molecule has 108 valence electrons. The van der Waals surface area contributed by atoms with Gasteiger partial charge in [-0.05, 0) is 32.0 Å². The summed E-state index contributed by atoms with van der Waals surface area (Å²) in [5.41, 5.74) is 5.00. The van der Waals surface area contributed by atoms with Crippen molar-refractivity contribution >= 4 is 17.3 Å². The first-order chi connectivity index (χ1) is 10.1. The molecule has 0 bridgehead atoms. The second kappa shape index (κ2) is 5.57. The molecule has 21 heavy (non-hydrogen) atoms. The van der Waals surface area contributed by atoms with Gasteiger partial charge in [-0.3, -0.25) is 5.10 Å². The van der Waals surface area contributed by atoms with Crippen molar-refractivity contribution in [3.8, 4) is 5.69 Å². The number of aromatic nitrogens is 5. The summed E-state index contributed by atoms with van der Waals surface area (Å²) < 4.78 is 1.70. The van der Waals surface area contributed by atoms with Crippen LogP contribution in [-0.4, -0.2) is 25.0 Å². The van der Waals surface area contributed by atoms with Gasteiger partial charge in [-0.1, -0.05) is 11.6 Å². The zero-order valence-electron chi connectivity index (χ0n) is 11.8. The molecular formula is C14H15ClN6. The Balaban J connectivity index is 1.90. The van der Waals surface area contributed by atoms with E-state index in [1.165, 1.54) is 6.33 Å². The van der Waals surface area contributed by atoms with Crippen molar-refractivity contribution < 1.29 is 0 Å². The number of H-pyrrole nitrogens is 1. The highest BCUT2D eigenvalue weighted by Gasteiger charge is 2.09. The maximum Gasteiger partial charge on any atom is 0.138 e. The molecule has 3 rings (SSSR count). The van der Waals surface area contributed by atoms with Gasteiger partial charge in [-0.2, -0.15) is 10.2 Å². The number of nitrogens with zero attached hydrogens (tertiary/aromatic N) is 4. The van der Waals surface area contributed by atoms with E-state index >= 15 is 0 Å². The Labute approximate surface area is 127 Å². The Kier molecular flexibility index (Phi) is 3.62. The highest BCUT2D eigenvalue weighted by molar-refractivity contribution is 6.31. The fourth-order valence-corrected chi connectivity index (χ4v) is 2.37. The van der Waals surface area contributed by atoms with Crippen molar-refractivity contribution in [2.24, 2.45) is 0 Å². The van der Waals surface area contributed by atoms with Gasteiger partial charge < -0.3 is 5.32 Å². The van der Waals surface area contributed by atoms with E-state index in [1.54, 1.807) is 11.0 Å². The third-order valence-electron chi connectivity index (χ3n) is 3.36. The summed E-state index contributed by atoms with van der Waals surface area (Å²) in [5, 5.41) is 15.4. The number of hydrogen-bond donors (Lipinski definition) is 2. The molecule has 2 aromatic heterocycles. The number of nitrogens with one attached hydrogen (secondary N) is 2. The first-order valence-electron chi connectivity index (χ1n) is 6.54.